The minimum Gasteiger partial charge on any atom is -0.497 e. The summed E-state index contributed by atoms with van der Waals surface area (Å²) in [7, 11) is 1.57. The van der Waals surface area contributed by atoms with E-state index in [2.05, 4.69) is 25.8 Å². The predicted octanol–water partition coefficient (Wildman–Crippen LogP) is 4.03. The fraction of sp³-hybridized carbons (Fsp3) is 0.174. The Bertz CT molecular complexity index is 1260. The molecule has 174 valence electrons. The van der Waals surface area contributed by atoms with Crippen molar-refractivity contribution in [2.24, 2.45) is 0 Å². The van der Waals surface area contributed by atoms with E-state index < -0.39 is 5.25 Å². The van der Waals surface area contributed by atoms with Gasteiger partial charge in [-0.2, -0.15) is 0 Å². The second-order valence-electron chi connectivity index (χ2n) is 7.11. The minimum atomic E-state index is -0.464. The Hall–Kier alpha value is -3.70. The van der Waals surface area contributed by atoms with E-state index >= 15 is 0 Å². The highest BCUT2D eigenvalue weighted by atomic mass is 32.2. The molecule has 2 aromatic carbocycles. The van der Waals surface area contributed by atoms with Gasteiger partial charge < -0.3 is 15.4 Å². The average Bonchev–Trinajstić information content (AvgIpc) is 3.49. The van der Waals surface area contributed by atoms with Gasteiger partial charge in [0.1, 0.15) is 11.6 Å². The molecule has 4 rings (SSSR count). The lowest BCUT2D eigenvalue weighted by atomic mass is 10.2. The van der Waals surface area contributed by atoms with Gasteiger partial charge in [0.25, 0.3) is 0 Å². The molecule has 0 aliphatic rings. The molecule has 1 unspecified atom stereocenters. The van der Waals surface area contributed by atoms with Crippen LogP contribution in [0.25, 0.3) is 5.69 Å². The molecule has 2 N–H and O–H groups in total. The van der Waals surface area contributed by atoms with Crippen LogP contribution in [0.15, 0.2) is 71.3 Å². The van der Waals surface area contributed by atoms with Crippen LogP contribution in [0.1, 0.15) is 12.7 Å². The zero-order valence-corrected chi connectivity index (χ0v) is 20.1. The van der Waals surface area contributed by atoms with Crippen LogP contribution in [-0.2, 0) is 16.0 Å². The van der Waals surface area contributed by atoms with E-state index in [9.17, 15) is 9.59 Å². The van der Waals surface area contributed by atoms with Crippen molar-refractivity contribution in [3.63, 3.8) is 0 Å². The third-order valence-electron chi connectivity index (χ3n) is 4.70. The molecule has 0 aliphatic carbocycles. The first kappa shape index (κ1) is 23.5. The number of benzene rings is 2. The van der Waals surface area contributed by atoms with Gasteiger partial charge >= 0.3 is 0 Å². The molecule has 0 spiro atoms. The van der Waals surface area contributed by atoms with Crippen LogP contribution in [0.5, 0.6) is 5.75 Å². The van der Waals surface area contributed by atoms with E-state index in [0.717, 1.165) is 5.69 Å². The number of anilines is 2. The van der Waals surface area contributed by atoms with Crippen molar-refractivity contribution >= 4 is 45.7 Å². The van der Waals surface area contributed by atoms with E-state index in [4.69, 9.17) is 4.74 Å². The number of nitrogens with one attached hydrogen (secondary N) is 2. The van der Waals surface area contributed by atoms with E-state index in [1.54, 1.807) is 54.4 Å². The Morgan fingerprint density at radius 1 is 1.12 bits per heavy atom. The molecule has 1 atom stereocenters. The average molecular weight is 495 g/mol. The summed E-state index contributed by atoms with van der Waals surface area (Å²) in [4.78, 5) is 29.5. The molecular formula is C23H22N6O3S2. The van der Waals surface area contributed by atoms with Crippen LogP contribution in [0.4, 0.5) is 10.8 Å². The quantitative estimate of drug-likeness (QED) is 0.338. The highest BCUT2D eigenvalue weighted by Crippen LogP contribution is 2.27. The number of rotatable bonds is 9. The zero-order chi connectivity index (χ0) is 23.9. The third kappa shape index (κ3) is 5.80. The second-order valence-corrected chi connectivity index (χ2v) is 9.32. The van der Waals surface area contributed by atoms with E-state index in [1.165, 1.54) is 23.1 Å². The molecule has 2 aromatic heterocycles. The van der Waals surface area contributed by atoms with Crippen LogP contribution < -0.4 is 15.4 Å². The number of ether oxygens (including phenoxy) is 1. The summed E-state index contributed by atoms with van der Waals surface area (Å²) in [6.07, 6.45) is 1.63. The maximum absolute atomic E-state index is 12.8. The summed E-state index contributed by atoms with van der Waals surface area (Å²) >= 11 is 2.61. The summed E-state index contributed by atoms with van der Waals surface area (Å²) in [5, 5.41) is 16.6. The molecule has 0 radical (unpaired) electrons. The highest BCUT2D eigenvalue weighted by Gasteiger charge is 2.23. The topological polar surface area (TPSA) is 111 Å². The number of thiazole rings is 1. The zero-order valence-electron chi connectivity index (χ0n) is 18.5. The normalized spacial score (nSPS) is 11.6. The van der Waals surface area contributed by atoms with Crippen molar-refractivity contribution in [2.45, 2.75) is 23.8 Å². The standard InChI is InChI=1S/C23H22N6O3S2/c1-15(21(31)26-22-24-11-12-33-22)34-23-28-27-19(29(23)17-8-4-3-5-9-17)14-20(30)25-16-7-6-10-18(13-16)32-2/h3-13,15H,14H2,1-2H3,(H,25,30)(H,24,26,31). The van der Waals surface area contributed by atoms with Gasteiger partial charge in [0.15, 0.2) is 10.3 Å². The number of thioether (sulfide) groups is 1. The van der Waals surface area contributed by atoms with Crippen LogP contribution >= 0.6 is 23.1 Å². The van der Waals surface area contributed by atoms with Crippen molar-refractivity contribution in [1.82, 2.24) is 19.7 Å². The number of amides is 2. The lowest BCUT2D eigenvalue weighted by molar-refractivity contribution is -0.116. The number of methoxy groups -OCH3 is 1. The summed E-state index contributed by atoms with van der Waals surface area (Å²) in [5.41, 5.74) is 1.42. The van der Waals surface area contributed by atoms with Crippen LogP contribution in [0, 0.1) is 0 Å². The SMILES string of the molecule is COc1cccc(NC(=O)Cc2nnc(SC(C)C(=O)Nc3nccs3)n2-c2ccccc2)c1. The second kappa shape index (κ2) is 10.9. The maximum atomic E-state index is 12.8. The van der Waals surface area contributed by atoms with E-state index in [1.807, 2.05) is 30.3 Å². The largest absolute Gasteiger partial charge is 0.497 e. The van der Waals surface area contributed by atoms with Gasteiger partial charge in [-0.05, 0) is 31.2 Å². The van der Waals surface area contributed by atoms with Gasteiger partial charge in [0, 0.05) is 29.0 Å². The molecule has 0 saturated carbocycles. The minimum absolute atomic E-state index is 0.000638. The molecule has 9 nitrogen and oxygen atoms in total. The van der Waals surface area contributed by atoms with E-state index in [-0.39, 0.29) is 18.2 Å². The van der Waals surface area contributed by atoms with Crippen molar-refractivity contribution in [3.05, 3.63) is 72.0 Å². The molecule has 4 aromatic rings. The molecule has 0 bridgehead atoms. The van der Waals surface area contributed by atoms with Crippen molar-refractivity contribution < 1.29 is 14.3 Å². The number of hydrogen-bond donors (Lipinski definition) is 2. The molecule has 11 heteroatoms. The molecule has 0 fully saturated rings. The molecule has 2 heterocycles. The lowest BCUT2D eigenvalue weighted by Crippen LogP contribution is -2.23. The van der Waals surface area contributed by atoms with Crippen molar-refractivity contribution in [2.75, 3.05) is 17.7 Å². The Kier molecular flexibility index (Phi) is 7.55. The van der Waals surface area contributed by atoms with E-state index in [0.29, 0.717) is 27.5 Å². The first-order chi connectivity index (χ1) is 16.5. The number of aromatic nitrogens is 4. The number of nitrogens with zero attached hydrogens (tertiary/aromatic N) is 4. The molecular weight excluding hydrogens is 472 g/mol. The number of carbonyl (C=O) groups excluding carboxylic acids is 2. The van der Waals surface area contributed by atoms with Crippen LogP contribution in [0.2, 0.25) is 0 Å². The summed E-state index contributed by atoms with van der Waals surface area (Å²) in [6, 6.07) is 16.6. The fourth-order valence-electron chi connectivity index (χ4n) is 3.08. The van der Waals surface area contributed by atoms with Crippen LogP contribution in [-0.4, -0.2) is 43.9 Å². The Morgan fingerprint density at radius 2 is 1.94 bits per heavy atom. The monoisotopic (exact) mass is 494 g/mol. The maximum Gasteiger partial charge on any atom is 0.239 e. The Morgan fingerprint density at radius 3 is 2.68 bits per heavy atom. The van der Waals surface area contributed by atoms with Gasteiger partial charge in [0.2, 0.25) is 11.8 Å². The van der Waals surface area contributed by atoms with Gasteiger partial charge in [-0.15, -0.1) is 21.5 Å². The molecule has 0 aliphatic heterocycles. The Labute approximate surface area is 204 Å². The molecule has 0 saturated heterocycles. The summed E-state index contributed by atoms with van der Waals surface area (Å²) in [6.45, 7) is 1.78. The van der Waals surface area contributed by atoms with Crippen molar-refractivity contribution in [1.29, 1.82) is 0 Å². The van der Waals surface area contributed by atoms with Crippen LogP contribution in [0.3, 0.4) is 0 Å². The molecule has 34 heavy (non-hydrogen) atoms. The van der Waals surface area contributed by atoms with Gasteiger partial charge in [-0.3, -0.25) is 14.2 Å². The first-order valence-electron chi connectivity index (χ1n) is 10.3. The molecule has 2 amide bonds. The smallest absolute Gasteiger partial charge is 0.239 e. The Balaban J connectivity index is 1.53. The lowest BCUT2D eigenvalue weighted by Gasteiger charge is -2.13. The van der Waals surface area contributed by atoms with Gasteiger partial charge in [-0.25, -0.2) is 4.98 Å². The predicted molar refractivity (Wildman–Crippen MR) is 133 cm³/mol. The number of carbonyl (C=O) groups is 2. The third-order valence-corrected chi connectivity index (χ3v) is 6.43. The first-order valence-corrected chi connectivity index (χ1v) is 12.1. The number of hydrogen-bond acceptors (Lipinski definition) is 8. The van der Waals surface area contributed by atoms with Crippen molar-refractivity contribution in [3.8, 4) is 11.4 Å². The number of para-hydroxylation sites is 1. The summed E-state index contributed by atoms with van der Waals surface area (Å²) < 4.78 is 7.00. The van der Waals surface area contributed by atoms with Gasteiger partial charge in [0.05, 0.1) is 18.8 Å². The summed E-state index contributed by atoms with van der Waals surface area (Å²) in [5.74, 6) is 0.666. The van der Waals surface area contributed by atoms with Gasteiger partial charge in [-0.1, -0.05) is 36.0 Å². The highest BCUT2D eigenvalue weighted by molar-refractivity contribution is 8.00. The fourth-order valence-corrected chi connectivity index (χ4v) is 4.50.